The summed E-state index contributed by atoms with van der Waals surface area (Å²) >= 11 is 5.27. The van der Waals surface area contributed by atoms with E-state index in [0.717, 1.165) is 166 Å². The summed E-state index contributed by atoms with van der Waals surface area (Å²) in [5, 5.41) is 17.5. The molecule has 3 atom stereocenters. The molecule has 0 aromatic heterocycles. The zero-order valence-electron chi connectivity index (χ0n) is 72.7. The highest BCUT2D eigenvalue weighted by atomic mass is 35.5. The summed E-state index contributed by atoms with van der Waals surface area (Å²) in [6.45, 7) is 51.8. The molecule has 111 heavy (non-hydrogen) atoms. The Balaban J connectivity index is 0. The SMILES string of the molecule is C.C[Si](C)(CCCCC(=O)OCCCCO)C[Si](C)(C)O[Si](C)(C)CCCCC(=O)OCCCCO.C[Si](C)(CCCCC(=O)OCCCCOCC1CO1)C[Si](C)(C)O[Si](C)(C)CCCCC(=O)OCCCCOCC1CO1.C[Si](C)(CCCN)O[Si](C)(C)O[Si](C)(C)CCCN.ClCC1CO1.O=C1OCCCCO1. The molecular weight excluding hydrogens is 1590 g/mol. The van der Waals surface area contributed by atoms with Crippen molar-refractivity contribution in [1.29, 1.82) is 0 Å². The minimum Gasteiger partial charge on any atom is -0.466 e. The number of nitrogens with two attached hydrogens (primary N) is 2. The average molecular weight is 1760 g/mol. The van der Waals surface area contributed by atoms with Crippen molar-refractivity contribution >= 4 is 116 Å². The number of epoxide rings is 3. The maximum absolute atomic E-state index is 12.1. The number of alkyl halides is 1. The van der Waals surface area contributed by atoms with E-state index in [2.05, 4.69) is 127 Å². The molecule has 0 spiro atoms. The zero-order chi connectivity index (χ0) is 83.1. The maximum Gasteiger partial charge on any atom is 0.508 e. The van der Waals surface area contributed by atoms with Crippen LogP contribution < -0.4 is 11.5 Å². The smallest absolute Gasteiger partial charge is 0.466 e. The minimum absolute atomic E-state index is 0. The summed E-state index contributed by atoms with van der Waals surface area (Å²) in [5.41, 5.74) is 13.7. The standard InChI is InChI=1S/C31H62O9Si3.C25H54O7Si3.C12H34N2O2Si3.C5H8O3.C3H5ClO.CH4/c1-41(2,21-13-7-15-30(32)36-19-11-9-17-34-23-28-25-38-28)27-43(5,6)40-42(3,4)22-14-8-16-31(33)37-20-12-10-18-35-24-29-26-39-29;1-33(2,21-13-7-15-24(28)30-19-11-9-17-26)23-35(5,6)32-34(3,4)22-14-8-16-25(29)31-20-12-10-18-27;1-17(2,11-7-9-13)15-19(5,6)16-18(3,4)12-8-10-14;6-5-7-3-1-2-4-8-5;4-1-3-2-5-3;/h28-29H,7-27H2,1-6H3;26-27H,7-23H2,1-6H3;7-14H2,1-6H3;1-4H2;3H,1-2H2;1H4. The number of carbonyl (C=O) groups excluding carboxylic acids is 5. The lowest BCUT2D eigenvalue weighted by molar-refractivity contribution is -0.144. The normalized spacial score (nSPS) is 16.5. The van der Waals surface area contributed by atoms with Gasteiger partial charge >= 0.3 is 38.6 Å². The lowest BCUT2D eigenvalue weighted by atomic mass is 10.2. The van der Waals surface area contributed by atoms with Crippen molar-refractivity contribution in [3.63, 3.8) is 0 Å². The highest BCUT2D eigenvalue weighted by Crippen LogP contribution is 2.33. The van der Waals surface area contributed by atoms with Gasteiger partial charge in [-0.1, -0.05) is 71.4 Å². The molecule has 0 aliphatic carbocycles. The van der Waals surface area contributed by atoms with Crippen molar-refractivity contribution in [2.24, 2.45) is 11.5 Å². The second-order valence-electron chi connectivity index (χ2n) is 35.6. The third-order valence-electron chi connectivity index (χ3n) is 18.2. The van der Waals surface area contributed by atoms with Crippen molar-refractivity contribution in [2.45, 2.75) is 345 Å². The van der Waals surface area contributed by atoms with Crippen LogP contribution in [-0.4, -0.2) is 251 Å². The van der Waals surface area contributed by atoms with Crippen LogP contribution in [-0.2, 0) is 87.7 Å². The molecule has 4 heterocycles. The summed E-state index contributed by atoms with van der Waals surface area (Å²) in [4.78, 5) is 58.0. The lowest BCUT2D eigenvalue weighted by Gasteiger charge is -2.38. The van der Waals surface area contributed by atoms with Gasteiger partial charge in [-0.25, -0.2) is 4.79 Å². The number of halogens is 1. The van der Waals surface area contributed by atoms with Crippen LogP contribution in [0.2, 0.25) is 165 Å². The Hall–Kier alpha value is -1.13. The number of cyclic esters (lactones) is 2. The summed E-state index contributed by atoms with van der Waals surface area (Å²) in [6, 6.07) is 6.79. The molecule has 6 N–H and O–H groups in total. The molecule has 4 aliphatic rings. The molecule has 0 radical (unpaired) electrons. The van der Waals surface area contributed by atoms with Crippen LogP contribution in [0.3, 0.4) is 0 Å². The molecule has 0 aromatic carbocycles. The number of esters is 4. The first-order chi connectivity index (χ1) is 51.5. The zero-order valence-corrected chi connectivity index (χ0v) is 82.4. The van der Waals surface area contributed by atoms with Crippen LogP contribution in [0, 0.1) is 0 Å². The third-order valence-corrected chi connectivity index (χ3v) is 59.9. The molecule has 4 saturated heterocycles. The van der Waals surface area contributed by atoms with Gasteiger partial charge in [0.15, 0.2) is 49.9 Å². The number of hydrogen-bond donors (Lipinski definition) is 4. The molecule has 0 saturated carbocycles. The first-order valence-corrected chi connectivity index (χ1v) is 70.8. The molecule has 4 aliphatic heterocycles. The Labute approximate surface area is 689 Å². The van der Waals surface area contributed by atoms with E-state index in [4.69, 9.17) is 92.4 Å². The molecule has 24 nitrogen and oxygen atoms in total. The van der Waals surface area contributed by atoms with Gasteiger partial charge in [0.25, 0.3) is 0 Å². The predicted molar refractivity (Wildman–Crippen MR) is 473 cm³/mol. The Kier molecular flexibility index (Phi) is 63.5. The van der Waals surface area contributed by atoms with E-state index in [-0.39, 0.29) is 44.5 Å². The Morgan fingerprint density at radius 2 is 0.667 bits per heavy atom. The monoisotopic (exact) mass is 1760 g/mol. The van der Waals surface area contributed by atoms with E-state index in [1.54, 1.807) is 0 Å². The number of carbonyl (C=O) groups is 5. The average Bonchev–Trinajstić information content (AvgIpc) is 1.61. The largest absolute Gasteiger partial charge is 0.508 e. The number of unbranched alkanes of at least 4 members (excludes halogenated alkanes) is 8. The van der Waals surface area contributed by atoms with Gasteiger partial charge in [0, 0.05) is 68.3 Å². The summed E-state index contributed by atoms with van der Waals surface area (Å²) in [7, 11) is -15.3. The van der Waals surface area contributed by atoms with Gasteiger partial charge < -0.3 is 90.2 Å². The highest BCUT2D eigenvalue weighted by molar-refractivity contribution is 6.97. The number of aliphatic hydroxyl groups is 2. The van der Waals surface area contributed by atoms with Crippen LogP contribution in [0.15, 0.2) is 0 Å². The topological polar surface area (TPSA) is 326 Å². The van der Waals surface area contributed by atoms with E-state index in [0.29, 0.717) is 135 Å². The molecule has 4 fully saturated rings. The van der Waals surface area contributed by atoms with E-state index < -0.39 is 80.8 Å². The van der Waals surface area contributed by atoms with Gasteiger partial charge in [-0.3, -0.25) is 19.2 Å². The molecule has 660 valence electrons. The minimum atomic E-state index is -2.03. The number of ether oxygens (including phenoxy) is 11. The number of aliphatic hydroxyl groups excluding tert-OH is 2. The van der Waals surface area contributed by atoms with Crippen LogP contribution in [0.25, 0.3) is 0 Å². The summed E-state index contributed by atoms with van der Waals surface area (Å²) < 4.78 is 82.9. The quantitative estimate of drug-likeness (QED) is 0.0110. The third kappa shape index (κ3) is 74.9. The fourth-order valence-electron chi connectivity index (χ4n) is 13.6. The van der Waals surface area contributed by atoms with E-state index in [1.807, 2.05) is 0 Å². The van der Waals surface area contributed by atoms with E-state index in [9.17, 15) is 24.0 Å². The van der Waals surface area contributed by atoms with E-state index >= 15 is 0 Å². The Morgan fingerprint density at radius 1 is 0.387 bits per heavy atom. The molecule has 3 unspecified atom stereocenters. The van der Waals surface area contributed by atoms with Gasteiger partial charge in [0.05, 0.1) is 84.7 Å². The first-order valence-electron chi connectivity index (χ1n) is 42.0. The van der Waals surface area contributed by atoms with Gasteiger partial charge in [0.1, 0.15) is 12.2 Å². The second-order valence-corrected chi connectivity index (χ2v) is 77.6. The highest BCUT2D eigenvalue weighted by Gasteiger charge is 2.41. The van der Waals surface area contributed by atoms with Crippen molar-refractivity contribution in [1.82, 2.24) is 0 Å². The molecule has 34 heteroatoms. The lowest BCUT2D eigenvalue weighted by Crippen LogP contribution is -2.52. The van der Waals surface area contributed by atoms with Crippen LogP contribution >= 0.6 is 11.6 Å². The molecule has 0 bridgehead atoms. The molecular formula is C77H167ClN2O22Si9. The molecule has 4 rings (SSSR count). The van der Waals surface area contributed by atoms with Crippen molar-refractivity contribution in [3.05, 3.63) is 0 Å². The Bertz CT molecular complexity index is 2240. The number of hydrogen-bond acceptors (Lipinski definition) is 24. The molecule has 0 aromatic rings. The fourth-order valence-corrected chi connectivity index (χ4v) is 67.0. The summed E-state index contributed by atoms with van der Waals surface area (Å²) in [6.07, 6.45) is 20.3. The fraction of sp³-hybridized carbons (Fsp3) is 0.935. The van der Waals surface area contributed by atoms with Gasteiger partial charge in [0.2, 0.25) is 0 Å². The van der Waals surface area contributed by atoms with E-state index in [1.165, 1.54) is 23.4 Å². The Morgan fingerprint density at radius 3 is 0.946 bits per heavy atom. The van der Waals surface area contributed by atoms with Gasteiger partial charge in [-0.15, -0.1) is 11.6 Å². The van der Waals surface area contributed by atoms with Crippen LogP contribution in [0.5, 0.6) is 0 Å². The number of rotatable bonds is 61. The second kappa shape index (κ2) is 62.9. The first kappa shape index (κ1) is 112. The van der Waals surface area contributed by atoms with Gasteiger partial charge in [-0.05, 0) is 243 Å². The van der Waals surface area contributed by atoms with Crippen molar-refractivity contribution < 1.29 is 103 Å². The van der Waals surface area contributed by atoms with Gasteiger partial charge in [-0.2, -0.15) is 0 Å². The predicted octanol–water partition coefficient (Wildman–Crippen LogP) is 17.1. The maximum atomic E-state index is 12.1. The van der Waals surface area contributed by atoms with Crippen molar-refractivity contribution in [2.75, 3.05) is 118 Å². The van der Waals surface area contributed by atoms with Crippen LogP contribution in [0.1, 0.15) is 162 Å². The molecule has 0 amide bonds. The summed E-state index contributed by atoms with van der Waals surface area (Å²) in [5.74, 6) is 0.236. The van der Waals surface area contributed by atoms with Crippen molar-refractivity contribution in [3.8, 4) is 0 Å². The van der Waals surface area contributed by atoms with Crippen LogP contribution in [0.4, 0.5) is 4.79 Å².